The molecule has 96 valence electrons. The molecule has 0 fully saturated rings. The zero-order valence-electron chi connectivity index (χ0n) is 10.2. The second-order valence-corrected chi connectivity index (χ2v) is 6.17. The topological polar surface area (TPSA) is 66.4 Å². The Morgan fingerprint density at radius 3 is 2.12 bits per heavy atom. The lowest BCUT2D eigenvalue weighted by atomic mass is 10.3. The lowest BCUT2D eigenvalue weighted by molar-refractivity contribution is -0.870. The molecule has 6 heteroatoms. The summed E-state index contributed by atoms with van der Waals surface area (Å²) >= 11 is 0. The third kappa shape index (κ3) is 5.16. The molecule has 0 saturated heterocycles. The number of hydrogen-bond donors (Lipinski definition) is 0. The van der Waals surface area contributed by atoms with Crippen LogP contribution in [0.3, 0.4) is 0 Å². The fourth-order valence-electron chi connectivity index (χ4n) is 1.14. The van der Waals surface area contributed by atoms with Gasteiger partial charge in [0.1, 0.15) is 29.0 Å². The average Bonchev–Trinajstić information content (AvgIpc) is 2.15. The van der Waals surface area contributed by atoms with Crippen LogP contribution >= 0.6 is 0 Å². The SMILES string of the molecule is C[N+](C)(C)CCOc1ccc(S(=O)(=O)[O-])cc1. The summed E-state index contributed by atoms with van der Waals surface area (Å²) < 4.78 is 38.3. The summed E-state index contributed by atoms with van der Waals surface area (Å²) in [6.07, 6.45) is 0. The first-order valence-electron chi connectivity index (χ1n) is 5.18. The van der Waals surface area contributed by atoms with Gasteiger partial charge < -0.3 is 13.8 Å². The molecule has 0 aliphatic heterocycles. The van der Waals surface area contributed by atoms with Crippen molar-refractivity contribution >= 4 is 10.1 Å². The van der Waals surface area contributed by atoms with Gasteiger partial charge in [-0.15, -0.1) is 0 Å². The minimum absolute atomic E-state index is 0.239. The zero-order valence-corrected chi connectivity index (χ0v) is 11.0. The molecule has 1 aromatic carbocycles. The van der Waals surface area contributed by atoms with Crippen molar-refractivity contribution in [1.82, 2.24) is 0 Å². The number of likely N-dealkylation sites (N-methyl/N-ethyl adjacent to an activating group) is 1. The van der Waals surface area contributed by atoms with Crippen molar-refractivity contribution in [2.45, 2.75) is 4.90 Å². The van der Waals surface area contributed by atoms with Gasteiger partial charge in [-0.05, 0) is 24.3 Å². The Hall–Kier alpha value is -1.11. The molecule has 0 unspecified atom stereocenters. The Morgan fingerprint density at radius 2 is 1.71 bits per heavy atom. The zero-order chi connectivity index (χ0) is 13.1. The van der Waals surface area contributed by atoms with Crippen LogP contribution in [-0.2, 0) is 10.1 Å². The summed E-state index contributed by atoms with van der Waals surface area (Å²) in [7, 11) is 1.78. The van der Waals surface area contributed by atoms with E-state index in [9.17, 15) is 13.0 Å². The third-order valence-corrected chi connectivity index (χ3v) is 2.99. The van der Waals surface area contributed by atoms with Crippen molar-refractivity contribution in [3.05, 3.63) is 24.3 Å². The van der Waals surface area contributed by atoms with Crippen LogP contribution in [-0.4, -0.2) is 51.7 Å². The van der Waals surface area contributed by atoms with Crippen molar-refractivity contribution in [3.63, 3.8) is 0 Å². The van der Waals surface area contributed by atoms with E-state index in [2.05, 4.69) is 21.1 Å². The Balaban J connectivity index is 2.58. The van der Waals surface area contributed by atoms with E-state index in [4.69, 9.17) is 4.74 Å². The van der Waals surface area contributed by atoms with Gasteiger partial charge in [0, 0.05) is 0 Å². The van der Waals surface area contributed by atoms with Crippen LogP contribution in [0.5, 0.6) is 5.75 Å². The fraction of sp³-hybridized carbons (Fsp3) is 0.455. The van der Waals surface area contributed by atoms with E-state index >= 15 is 0 Å². The van der Waals surface area contributed by atoms with Gasteiger partial charge in [-0.1, -0.05) is 0 Å². The second kappa shape index (κ2) is 5.03. The lowest BCUT2D eigenvalue weighted by Crippen LogP contribution is -2.38. The van der Waals surface area contributed by atoms with Crippen LogP contribution < -0.4 is 4.74 Å². The van der Waals surface area contributed by atoms with E-state index < -0.39 is 10.1 Å². The molecule has 0 atom stereocenters. The van der Waals surface area contributed by atoms with Gasteiger partial charge >= 0.3 is 0 Å². The number of benzene rings is 1. The Bertz CT molecular complexity index is 459. The highest BCUT2D eigenvalue weighted by molar-refractivity contribution is 7.85. The summed E-state index contributed by atoms with van der Waals surface area (Å²) in [4.78, 5) is -0.239. The van der Waals surface area contributed by atoms with Gasteiger partial charge in [0.05, 0.1) is 26.0 Å². The summed E-state index contributed by atoms with van der Waals surface area (Å²) in [5.74, 6) is 0.561. The predicted molar refractivity (Wildman–Crippen MR) is 62.8 cm³/mol. The molecule has 0 radical (unpaired) electrons. The molecule has 0 aliphatic carbocycles. The highest BCUT2D eigenvalue weighted by atomic mass is 32.2. The molecule has 5 nitrogen and oxygen atoms in total. The predicted octanol–water partition coefficient (Wildman–Crippen LogP) is 0.676. The normalized spacial score (nSPS) is 12.5. The number of nitrogens with zero attached hydrogens (tertiary/aromatic N) is 1. The van der Waals surface area contributed by atoms with Gasteiger partial charge in [-0.2, -0.15) is 0 Å². The van der Waals surface area contributed by atoms with Crippen LogP contribution in [0.4, 0.5) is 0 Å². The third-order valence-electron chi connectivity index (χ3n) is 2.14. The van der Waals surface area contributed by atoms with Crippen molar-refractivity contribution in [3.8, 4) is 5.75 Å². The number of quaternary nitrogens is 1. The monoisotopic (exact) mass is 259 g/mol. The number of hydrogen-bond acceptors (Lipinski definition) is 4. The summed E-state index contributed by atoms with van der Waals surface area (Å²) in [6, 6.07) is 5.48. The van der Waals surface area contributed by atoms with E-state index in [1.54, 1.807) is 0 Å². The molecule has 0 spiro atoms. The molecule has 0 saturated carbocycles. The highest BCUT2D eigenvalue weighted by Crippen LogP contribution is 2.15. The van der Waals surface area contributed by atoms with Crippen molar-refractivity contribution in [1.29, 1.82) is 0 Å². The van der Waals surface area contributed by atoms with Gasteiger partial charge in [0.2, 0.25) is 0 Å². The van der Waals surface area contributed by atoms with E-state index in [0.29, 0.717) is 12.4 Å². The fourth-order valence-corrected chi connectivity index (χ4v) is 1.61. The van der Waals surface area contributed by atoms with Crippen LogP contribution in [0.2, 0.25) is 0 Å². The van der Waals surface area contributed by atoms with Crippen LogP contribution in [0, 0.1) is 0 Å². The molecule has 0 bridgehead atoms. The summed E-state index contributed by atoms with van der Waals surface area (Å²) in [6.45, 7) is 1.37. The van der Waals surface area contributed by atoms with E-state index in [0.717, 1.165) is 11.0 Å². The first-order chi connectivity index (χ1) is 7.68. The molecule has 0 N–H and O–H groups in total. The minimum Gasteiger partial charge on any atom is -0.744 e. The standard InChI is InChI=1S/C11H17NO4S/c1-12(2,3)8-9-16-10-4-6-11(7-5-10)17(13,14)15/h4-7H,8-9H2,1-3H3. The van der Waals surface area contributed by atoms with E-state index in [1.165, 1.54) is 24.3 Å². The maximum atomic E-state index is 10.7. The van der Waals surface area contributed by atoms with Crippen LogP contribution in [0.1, 0.15) is 0 Å². The molecule has 0 aliphatic rings. The Kier molecular flexibility index (Phi) is 4.13. The first kappa shape index (κ1) is 14.0. The van der Waals surface area contributed by atoms with Gasteiger partial charge in [-0.25, -0.2) is 8.42 Å². The smallest absolute Gasteiger partial charge is 0.137 e. The minimum atomic E-state index is -4.37. The highest BCUT2D eigenvalue weighted by Gasteiger charge is 2.07. The largest absolute Gasteiger partial charge is 0.744 e. The molecule has 1 rings (SSSR count). The molecular weight excluding hydrogens is 242 g/mol. The Labute approximate surface area is 102 Å². The summed E-state index contributed by atoms with van der Waals surface area (Å²) in [5.41, 5.74) is 0. The van der Waals surface area contributed by atoms with E-state index in [-0.39, 0.29) is 4.90 Å². The van der Waals surface area contributed by atoms with Crippen molar-refractivity contribution in [2.75, 3.05) is 34.3 Å². The molecule has 1 aromatic rings. The second-order valence-electron chi connectivity index (χ2n) is 4.79. The van der Waals surface area contributed by atoms with Crippen molar-refractivity contribution in [2.24, 2.45) is 0 Å². The van der Waals surface area contributed by atoms with Gasteiger partial charge in [-0.3, -0.25) is 0 Å². The summed E-state index contributed by atoms with van der Waals surface area (Å²) in [5, 5.41) is 0. The van der Waals surface area contributed by atoms with Crippen molar-refractivity contribution < 1.29 is 22.2 Å². The van der Waals surface area contributed by atoms with Gasteiger partial charge in [0.15, 0.2) is 0 Å². The van der Waals surface area contributed by atoms with Gasteiger partial charge in [0.25, 0.3) is 0 Å². The number of rotatable bonds is 5. The average molecular weight is 259 g/mol. The quantitative estimate of drug-likeness (QED) is 0.576. The van der Waals surface area contributed by atoms with E-state index in [1.807, 2.05) is 0 Å². The molecule has 0 amide bonds. The Morgan fingerprint density at radius 1 is 1.18 bits per heavy atom. The van der Waals surface area contributed by atoms with Crippen LogP contribution in [0.25, 0.3) is 0 Å². The molecule has 0 heterocycles. The molecule has 0 aromatic heterocycles. The lowest BCUT2D eigenvalue weighted by Gasteiger charge is -2.23. The first-order valence-corrected chi connectivity index (χ1v) is 6.58. The molecular formula is C11H17NO4S. The van der Waals surface area contributed by atoms with Crippen LogP contribution in [0.15, 0.2) is 29.2 Å². The maximum absolute atomic E-state index is 10.7. The maximum Gasteiger partial charge on any atom is 0.137 e. The molecule has 17 heavy (non-hydrogen) atoms. The number of ether oxygens (including phenoxy) is 1.